The maximum atomic E-state index is 6.07. The summed E-state index contributed by atoms with van der Waals surface area (Å²) in [7, 11) is 0. The molecular formula is C13H15ClN2O. The van der Waals surface area contributed by atoms with Crippen LogP contribution in [-0.2, 0) is 6.54 Å². The lowest BCUT2D eigenvalue weighted by atomic mass is 10.2. The summed E-state index contributed by atoms with van der Waals surface area (Å²) in [6.07, 6.45) is 0. The van der Waals surface area contributed by atoms with E-state index in [-0.39, 0.29) is 0 Å². The van der Waals surface area contributed by atoms with Crippen molar-refractivity contribution < 1.29 is 4.52 Å². The molecule has 17 heavy (non-hydrogen) atoms. The van der Waals surface area contributed by atoms with Crippen molar-refractivity contribution in [1.29, 1.82) is 0 Å². The van der Waals surface area contributed by atoms with Crippen LogP contribution in [0, 0.1) is 20.8 Å². The first-order valence-corrected chi connectivity index (χ1v) is 5.87. The summed E-state index contributed by atoms with van der Waals surface area (Å²) in [5.74, 6) is 0.855. The smallest absolute Gasteiger partial charge is 0.138 e. The Balaban J connectivity index is 2.10. The molecule has 0 bridgehead atoms. The van der Waals surface area contributed by atoms with Crippen LogP contribution in [0.15, 0.2) is 22.7 Å². The Morgan fingerprint density at radius 3 is 2.65 bits per heavy atom. The molecule has 1 aromatic carbocycles. The number of hydrogen-bond acceptors (Lipinski definition) is 3. The minimum atomic E-state index is 0.695. The topological polar surface area (TPSA) is 38.1 Å². The molecule has 0 radical (unpaired) electrons. The van der Waals surface area contributed by atoms with Crippen LogP contribution < -0.4 is 5.32 Å². The predicted molar refractivity (Wildman–Crippen MR) is 69.5 cm³/mol. The van der Waals surface area contributed by atoms with Gasteiger partial charge in [-0.05, 0) is 38.5 Å². The summed E-state index contributed by atoms with van der Waals surface area (Å²) >= 11 is 6.07. The fraction of sp³-hybridized carbons (Fsp3) is 0.308. The first-order chi connectivity index (χ1) is 8.08. The van der Waals surface area contributed by atoms with Gasteiger partial charge in [0, 0.05) is 22.8 Å². The molecule has 0 aliphatic carbocycles. The maximum absolute atomic E-state index is 6.07. The normalized spacial score (nSPS) is 10.6. The Kier molecular flexibility index (Phi) is 3.38. The predicted octanol–water partition coefficient (Wildman–Crippen LogP) is 3.87. The molecule has 1 heterocycles. The molecule has 4 heteroatoms. The number of nitrogens with zero attached hydrogens (tertiary/aromatic N) is 1. The van der Waals surface area contributed by atoms with Crippen LogP contribution in [0.3, 0.4) is 0 Å². The molecule has 0 saturated carbocycles. The second-order valence-corrected chi connectivity index (χ2v) is 4.53. The summed E-state index contributed by atoms with van der Waals surface area (Å²) in [5, 5.41) is 8.00. The van der Waals surface area contributed by atoms with Gasteiger partial charge in [0.25, 0.3) is 0 Å². The zero-order valence-corrected chi connectivity index (χ0v) is 10.9. The quantitative estimate of drug-likeness (QED) is 0.899. The van der Waals surface area contributed by atoms with Crippen LogP contribution in [0.1, 0.15) is 22.6 Å². The van der Waals surface area contributed by atoms with E-state index in [0.29, 0.717) is 6.54 Å². The summed E-state index contributed by atoms with van der Waals surface area (Å²) in [4.78, 5) is 0. The average molecular weight is 251 g/mol. The highest BCUT2D eigenvalue weighted by Gasteiger charge is 2.08. The molecule has 0 fully saturated rings. The van der Waals surface area contributed by atoms with E-state index in [1.165, 1.54) is 0 Å². The summed E-state index contributed by atoms with van der Waals surface area (Å²) in [5.41, 5.74) is 4.10. The molecule has 0 saturated heterocycles. The van der Waals surface area contributed by atoms with Crippen molar-refractivity contribution in [2.24, 2.45) is 0 Å². The Labute approximate surface area is 106 Å². The summed E-state index contributed by atoms with van der Waals surface area (Å²) < 4.78 is 5.11. The highest BCUT2D eigenvalue weighted by Crippen LogP contribution is 2.21. The number of benzene rings is 1. The van der Waals surface area contributed by atoms with E-state index >= 15 is 0 Å². The van der Waals surface area contributed by atoms with Gasteiger partial charge in [0.1, 0.15) is 5.76 Å². The third kappa shape index (κ3) is 2.61. The van der Waals surface area contributed by atoms with Gasteiger partial charge in [-0.2, -0.15) is 0 Å². The highest BCUT2D eigenvalue weighted by molar-refractivity contribution is 6.31. The molecular weight excluding hydrogens is 236 g/mol. The van der Waals surface area contributed by atoms with Crippen molar-refractivity contribution in [3.05, 3.63) is 45.8 Å². The SMILES string of the molecule is Cc1ccc(NCc2c(C)noc2C)cc1Cl. The third-order valence-corrected chi connectivity index (χ3v) is 3.23. The fourth-order valence-corrected chi connectivity index (χ4v) is 1.83. The van der Waals surface area contributed by atoms with Crippen LogP contribution in [0.5, 0.6) is 0 Å². The van der Waals surface area contributed by atoms with E-state index in [4.69, 9.17) is 16.1 Å². The molecule has 0 amide bonds. The molecule has 0 spiro atoms. The molecule has 1 aromatic heterocycles. The summed E-state index contributed by atoms with van der Waals surface area (Å²) in [6.45, 7) is 6.54. The van der Waals surface area contributed by atoms with Gasteiger partial charge in [0.2, 0.25) is 0 Å². The molecule has 90 valence electrons. The van der Waals surface area contributed by atoms with Gasteiger partial charge < -0.3 is 9.84 Å². The molecule has 1 N–H and O–H groups in total. The summed E-state index contributed by atoms with van der Waals surface area (Å²) in [6, 6.07) is 5.94. The lowest BCUT2D eigenvalue weighted by Gasteiger charge is -2.07. The Bertz CT molecular complexity index is 515. The van der Waals surface area contributed by atoms with Crippen molar-refractivity contribution in [1.82, 2.24) is 5.16 Å². The molecule has 0 aliphatic rings. The van der Waals surface area contributed by atoms with Crippen LogP contribution in [-0.4, -0.2) is 5.16 Å². The van der Waals surface area contributed by atoms with E-state index in [2.05, 4.69) is 10.5 Å². The lowest BCUT2D eigenvalue weighted by Crippen LogP contribution is -2.01. The Hall–Kier alpha value is -1.48. The first kappa shape index (κ1) is 12.0. The molecule has 3 nitrogen and oxygen atoms in total. The van der Waals surface area contributed by atoms with E-state index < -0.39 is 0 Å². The van der Waals surface area contributed by atoms with E-state index in [0.717, 1.165) is 33.3 Å². The van der Waals surface area contributed by atoms with Crippen LogP contribution in [0.2, 0.25) is 5.02 Å². The number of aromatic nitrogens is 1. The van der Waals surface area contributed by atoms with Gasteiger partial charge in [-0.25, -0.2) is 0 Å². The van der Waals surface area contributed by atoms with E-state index in [9.17, 15) is 0 Å². The second kappa shape index (κ2) is 4.80. The van der Waals surface area contributed by atoms with Crippen molar-refractivity contribution >= 4 is 17.3 Å². The van der Waals surface area contributed by atoms with Crippen LogP contribution >= 0.6 is 11.6 Å². The molecule has 0 unspecified atom stereocenters. The second-order valence-electron chi connectivity index (χ2n) is 4.12. The number of anilines is 1. The number of rotatable bonds is 3. The first-order valence-electron chi connectivity index (χ1n) is 5.49. The number of halogens is 1. The Morgan fingerprint density at radius 1 is 1.29 bits per heavy atom. The number of hydrogen-bond donors (Lipinski definition) is 1. The van der Waals surface area contributed by atoms with Crippen molar-refractivity contribution in [2.75, 3.05) is 5.32 Å². The van der Waals surface area contributed by atoms with Crippen molar-refractivity contribution in [3.8, 4) is 0 Å². The van der Waals surface area contributed by atoms with Crippen molar-refractivity contribution in [3.63, 3.8) is 0 Å². The third-order valence-electron chi connectivity index (χ3n) is 2.82. The maximum Gasteiger partial charge on any atom is 0.138 e. The highest BCUT2D eigenvalue weighted by atomic mass is 35.5. The Morgan fingerprint density at radius 2 is 2.06 bits per heavy atom. The molecule has 0 aliphatic heterocycles. The minimum absolute atomic E-state index is 0.695. The molecule has 2 aromatic rings. The monoisotopic (exact) mass is 250 g/mol. The lowest BCUT2D eigenvalue weighted by molar-refractivity contribution is 0.392. The van der Waals surface area contributed by atoms with Gasteiger partial charge in [0.05, 0.1) is 5.69 Å². The zero-order valence-electron chi connectivity index (χ0n) is 10.2. The zero-order chi connectivity index (χ0) is 12.4. The standard InChI is InChI=1S/C13H15ClN2O/c1-8-4-5-11(6-13(8)14)15-7-12-9(2)16-17-10(12)3/h4-6,15H,7H2,1-3H3. The van der Waals surface area contributed by atoms with E-state index in [1.54, 1.807) is 0 Å². The van der Waals surface area contributed by atoms with Gasteiger partial charge in [-0.15, -0.1) is 0 Å². The number of nitrogens with one attached hydrogen (secondary N) is 1. The van der Waals surface area contributed by atoms with Crippen molar-refractivity contribution in [2.45, 2.75) is 27.3 Å². The van der Waals surface area contributed by atoms with E-state index in [1.807, 2.05) is 39.0 Å². The fourth-order valence-electron chi connectivity index (χ4n) is 1.65. The number of aryl methyl sites for hydroxylation is 3. The molecule has 2 rings (SSSR count). The average Bonchev–Trinajstić information content (AvgIpc) is 2.61. The van der Waals surface area contributed by atoms with Gasteiger partial charge in [-0.1, -0.05) is 22.8 Å². The van der Waals surface area contributed by atoms with Gasteiger partial charge in [-0.3, -0.25) is 0 Å². The van der Waals surface area contributed by atoms with Crippen LogP contribution in [0.25, 0.3) is 0 Å². The molecule has 0 atom stereocenters. The largest absolute Gasteiger partial charge is 0.381 e. The van der Waals surface area contributed by atoms with Crippen LogP contribution in [0.4, 0.5) is 5.69 Å². The minimum Gasteiger partial charge on any atom is -0.381 e. The van der Waals surface area contributed by atoms with Gasteiger partial charge in [0.15, 0.2) is 0 Å². The van der Waals surface area contributed by atoms with Gasteiger partial charge >= 0.3 is 0 Å².